The van der Waals surface area contributed by atoms with Gasteiger partial charge in [-0.2, -0.15) is 0 Å². The fourth-order valence-electron chi connectivity index (χ4n) is 1.35. The van der Waals surface area contributed by atoms with Crippen LogP contribution in [0.2, 0.25) is 10.0 Å². The Bertz CT molecular complexity index is 509. The van der Waals surface area contributed by atoms with E-state index in [0.29, 0.717) is 0 Å². The van der Waals surface area contributed by atoms with E-state index in [2.05, 4.69) is 11.9 Å². The van der Waals surface area contributed by atoms with Crippen molar-refractivity contribution in [2.45, 2.75) is 12.5 Å². The molecule has 0 saturated heterocycles. The molecular weight excluding hydrogens is 291 g/mol. The first kappa shape index (κ1) is 15.3. The Kier molecular flexibility index (Phi) is 5.20. The van der Waals surface area contributed by atoms with Gasteiger partial charge in [-0.25, -0.2) is 4.79 Å². The number of amides is 1. The molecule has 0 heterocycles. The molecule has 0 aliphatic rings. The van der Waals surface area contributed by atoms with Gasteiger partial charge in [0.1, 0.15) is 6.04 Å². The summed E-state index contributed by atoms with van der Waals surface area (Å²) < 4.78 is 0. The number of anilines is 1. The molecule has 102 valence electrons. The third-order valence-electron chi connectivity index (χ3n) is 2.35. The van der Waals surface area contributed by atoms with Crippen molar-refractivity contribution < 1.29 is 14.7 Å². The number of halogens is 2. The Hall–Kier alpha value is -1.72. The van der Waals surface area contributed by atoms with E-state index in [-0.39, 0.29) is 27.7 Å². The highest BCUT2D eigenvalue weighted by atomic mass is 35.5. The van der Waals surface area contributed by atoms with Crippen LogP contribution in [0.15, 0.2) is 24.8 Å². The summed E-state index contributed by atoms with van der Waals surface area (Å²) in [7, 11) is 0. The molecule has 5 nitrogen and oxygen atoms in total. The summed E-state index contributed by atoms with van der Waals surface area (Å²) in [4.78, 5) is 22.8. The van der Waals surface area contributed by atoms with Crippen LogP contribution in [0.3, 0.4) is 0 Å². The smallest absolute Gasteiger partial charge is 0.326 e. The quantitative estimate of drug-likeness (QED) is 0.575. The van der Waals surface area contributed by atoms with Gasteiger partial charge in [-0.05, 0) is 18.6 Å². The number of hydrogen-bond donors (Lipinski definition) is 3. The van der Waals surface area contributed by atoms with Gasteiger partial charge in [-0.3, -0.25) is 4.79 Å². The standard InChI is InChI=1S/C12H12Cl2N2O3/c1-2-3-9(12(18)19)16-11(17)6-4-7(13)10(15)8(14)5-6/h2,4-5,9H,1,3,15H2,(H,16,17)(H,18,19). The molecule has 19 heavy (non-hydrogen) atoms. The van der Waals surface area contributed by atoms with Gasteiger partial charge in [-0.1, -0.05) is 29.3 Å². The molecule has 0 aliphatic carbocycles. The number of carbonyl (C=O) groups excluding carboxylic acids is 1. The SMILES string of the molecule is C=CCC(NC(=O)c1cc(Cl)c(N)c(Cl)c1)C(=O)O. The van der Waals surface area contributed by atoms with E-state index in [1.165, 1.54) is 18.2 Å². The van der Waals surface area contributed by atoms with Crippen molar-refractivity contribution in [3.63, 3.8) is 0 Å². The number of carboxylic acids is 1. The Labute approximate surface area is 120 Å². The lowest BCUT2D eigenvalue weighted by Crippen LogP contribution is -2.40. The Balaban J connectivity index is 2.94. The predicted molar refractivity (Wildman–Crippen MR) is 74.6 cm³/mol. The maximum Gasteiger partial charge on any atom is 0.326 e. The normalized spacial score (nSPS) is 11.7. The molecule has 0 fully saturated rings. The highest BCUT2D eigenvalue weighted by molar-refractivity contribution is 6.39. The van der Waals surface area contributed by atoms with Crippen LogP contribution in [0.4, 0.5) is 5.69 Å². The molecule has 0 saturated carbocycles. The maximum absolute atomic E-state index is 11.9. The van der Waals surface area contributed by atoms with Crippen molar-refractivity contribution in [2.75, 3.05) is 5.73 Å². The first-order chi connectivity index (χ1) is 8.86. The average Bonchev–Trinajstić information content (AvgIpc) is 2.34. The summed E-state index contributed by atoms with van der Waals surface area (Å²) >= 11 is 11.6. The van der Waals surface area contributed by atoms with E-state index in [1.807, 2.05) is 0 Å². The summed E-state index contributed by atoms with van der Waals surface area (Å²) in [6.45, 7) is 3.43. The second-order valence-corrected chi connectivity index (χ2v) is 4.56. The van der Waals surface area contributed by atoms with E-state index in [4.69, 9.17) is 34.0 Å². The maximum atomic E-state index is 11.9. The van der Waals surface area contributed by atoms with Crippen molar-refractivity contribution in [3.8, 4) is 0 Å². The van der Waals surface area contributed by atoms with Gasteiger partial charge in [0.25, 0.3) is 5.91 Å². The number of nitrogen functional groups attached to an aromatic ring is 1. The van der Waals surface area contributed by atoms with Crippen molar-refractivity contribution in [2.24, 2.45) is 0 Å². The lowest BCUT2D eigenvalue weighted by atomic mass is 10.1. The number of benzene rings is 1. The van der Waals surface area contributed by atoms with Gasteiger partial charge in [0.2, 0.25) is 0 Å². The molecule has 7 heteroatoms. The number of carboxylic acid groups (broad SMARTS) is 1. The van der Waals surface area contributed by atoms with Crippen LogP contribution in [0.1, 0.15) is 16.8 Å². The van der Waals surface area contributed by atoms with Gasteiger partial charge in [0, 0.05) is 5.56 Å². The first-order valence-electron chi connectivity index (χ1n) is 5.26. The minimum Gasteiger partial charge on any atom is -0.480 e. The molecule has 1 unspecified atom stereocenters. The minimum absolute atomic E-state index is 0.109. The largest absolute Gasteiger partial charge is 0.480 e. The summed E-state index contributed by atoms with van der Waals surface area (Å²) in [6.07, 6.45) is 1.51. The van der Waals surface area contributed by atoms with E-state index in [9.17, 15) is 9.59 Å². The van der Waals surface area contributed by atoms with Gasteiger partial charge >= 0.3 is 5.97 Å². The number of hydrogen-bond acceptors (Lipinski definition) is 3. The van der Waals surface area contributed by atoms with Gasteiger partial charge < -0.3 is 16.2 Å². The number of carbonyl (C=O) groups is 2. The highest BCUT2D eigenvalue weighted by Crippen LogP contribution is 2.28. The Morgan fingerprint density at radius 1 is 1.42 bits per heavy atom. The molecule has 1 atom stereocenters. The summed E-state index contributed by atoms with van der Waals surface area (Å²) in [6, 6.07) is 1.59. The number of aliphatic carboxylic acids is 1. The minimum atomic E-state index is -1.15. The highest BCUT2D eigenvalue weighted by Gasteiger charge is 2.20. The first-order valence-corrected chi connectivity index (χ1v) is 6.01. The average molecular weight is 303 g/mol. The fraction of sp³-hybridized carbons (Fsp3) is 0.167. The summed E-state index contributed by atoms with van der Waals surface area (Å²) in [5.41, 5.74) is 5.85. The molecule has 4 N–H and O–H groups in total. The van der Waals surface area contributed by atoms with Crippen LogP contribution in [-0.2, 0) is 4.79 Å². The third-order valence-corrected chi connectivity index (χ3v) is 2.97. The third kappa shape index (κ3) is 3.87. The predicted octanol–water partition coefficient (Wildman–Crippen LogP) is 2.33. The van der Waals surface area contributed by atoms with Crippen molar-refractivity contribution in [3.05, 3.63) is 40.4 Å². The fourth-order valence-corrected chi connectivity index (χ4v) is 1.83. The molecule has 1 aromatic carbocycles. The molecule has 1 amide bonds. The number of rotatable bonds is 5. The topological polar surface area (TPSA) is 92.4 Å². The Morgan fingerprint density at radius 2 is 1.95 bits per heavy atom. The number of nitrogens with two attached hydrogens (primary N) is 1. The molecular formula is C12H12Cl2N2O3. The molecule has 1 rings (SSSR count). The number of nitrogens with one attached hydrogen (secondary N) is 1. The molecule has 0 bridgehead atoms. The monoisotopic (exact) mass is 302 g/mol. The molecule has 1 aromatic rings. The lowest BCUT2D eigenvalue weighted by Gasteiger charge is -2.13. The van der Waals surface area contributed by atoms with Crippen molar-refractivity contribution in [1.29, 1.82) is 0 Å². The lowest BCUT2D eigenvalue weighted by molar-refractivity contribution is -0.139. The van der Waals surface area contributed by atoms with Gasteiger partial charge in [0.15, 0.2) is 0 Å². The van der Waals surface area contributed by atoms with Crippen LogP contribution in [0.25, 0.3) is 0 Å². The van der Waals surface area contributed by atoms with Crippen molar-refractivity contribution in [1.82, 2.24) is 5.32 Å². The van der Waals surface area contributed by atoms with Crippen LogP contribution >= 0.6 is 23.2 Å². The zero-order chi connectivity index (χ0) is 14.6. The van der Waals surface area contributed by atoms with Crippen LogP contribution < -0.4 is 11.1 Å². The second kappa shape index (κ2) is 6.45. The molecule has 0 aromatic heterocycles. The van der Waals surface area contributed by atoms with Crippen molar-refractivity contribution >= 4 is 40.8 Å². The Morgan fingerprint density at radius 3 is 2.37 bits per heavy atom. The molecule has 0 radical (unpaired) electrons. The molecule has 0 spiro atoms. The van der Waals surface area contributed by atoms with E-state index >= 15 is 0 Å². The second-order valence-electron chi connectivity index (χ2n) is 3.74. The van der Waals surface area contributed by atoms with Gasteiger partial charge in [0.05, 0.1) is 15.7 Å². The van der Waals surface area contributed by atoms with Crippen LogP contribution in [0, 0.1) is 0 Å². The zero-order valence-corrected chi connectivity index (χ0v) is 11.3. The zero-order valence-electron chi connectivity index (χ0n) is 9.82. The van der Waals surface area contributed by atoms with Crippen LogP contribution in [-0.4, -0.2) is 23.0 Å². The summed E-state index contributed by atoms with van der Waals surface area (Å²) in [5.74, 6) is -1.75. The molecule has 0 aliphatic heterocycles. The van der Waals surface area contributed by atoms with Crippen LogP contribution in [0.5, 0.6) is 0 Å². The van der Waals surface area contributed by atoms with Gasteiger partial charge in [-0.15, -0.1) is 6.58 Å². The van der Waals surface area contributed by atoms with E-state index < -0.39 is 17.9 Å². The van der Waals surface area contributed by atoms with E-state index in [0.717, 1.165) is 0 Å². The summed E-state index contributed by atoms with van der Waals surface area (Å²) in [5, 5.41) is 11.5. The van der Waals surface area contributed by atoms with E-state index in [1.54, 1.807) is 0 Å².